The summed E-state index contributed by atoms with van der Waals surface area (Å²) in [6.45, 7) is 4.66. The molecule has 0 saturated heterocycles. The smallest absolute Gasteiger partial charge is 0.0386 e. The van der Waals surface area contributed by atoms with Crippen LogP contribution in [0.4, 0.5) is 0 Å². The summed E-state index contributed by atoms with van der Waals surface area (Å²) < 4.78 is 0. The first kappa shape index (κ1) is 9.09. The Bertz CT molecular complexity index is 88.2. The fraction of sp³-hybridized carbons (Fsp3) is 0.909. The molecule has 1 rings (SSSR count). The monoisotopic (exact) mass is 153 g/mol. The van der Waals surface area contributed by atoms with E-state index in [4.69, 9.17) is 0 Å². The average Bonchev–Trinajstić information content (AvgIpc) is 2.03. The third-order valence-electron chi connectivity index (χ3n) is 2.71. The van der Waals surface area contributed by atoms with Gasteiger partial charge in [0.2, 0.25) is 0 Å². The number of rotatable bonds is 3. The lowest BCUT2D eigenvalue weighted by Crippen LogP contribution is -2.07. The van der Waals surface area contributed by atoms with Crippen LogP contribution < -0.4 is 0 Å². The SMILES string of the molecule is CC(C)CCC1CC[CH]CC1. The zero-order valence-electron chi connectivity index (χ0n) is 7.97. The van der Waals surface area contributed by atoms with Crippen molar-refractivity contribution in [1.29, 1.82) is 0 Å². The lowest BCUT2D eigenvalue weighted by Gasteiger charge is -2.21. The Hall–Kier alpha value is 0. The minimum absolute atomic E-state index is 0.904. The predicted molar refractivity (Wildman–Crippen MR) is 50.3 cm³/mol. The Morgan fingerprint density at radius 2 is 1.91 bits per heavy atom. The molecule has 0 atom stereocenters. The Morgan fingerprint density at radius 1 is 1.27 bits per heavy atom. The van der Waals surface area contributed by atoms with Crippen LogP contribution in [0.15, 0.2) is 0 Å². The lowest BCUT2D eigenvalue weighted by atomic mass is 9.85. The second kappa shape index (κ2) is 4.79. The predicted octanol–water partition coefficient (Wildman–Crippen LogP) is 3.82. The highest BCUT2D eigenvalue weighted by atomic mass is 14.2. The Balaban J connectivity index is 2.05. The molecular formula is C11H21. The van der Waals surface area contributed by atoms with E-state index in [-0.39, 0.29) is 0 Å². The van der Waals surface area contributed by atoms with E-state index in [9.17, 15) is 0 Å². The first-order chi connectivity index (χ1) is 5.29. The minimum atomic E-state index is 0.904. The number of hydrogen-bond acceptors (Lipinski definition) is 0. The van der Waals surface area contributed by atoms with E-state index >= 15 is 0 Å². The van der Waals surface area contributed by atoms with Gasteiger partial charge in [-0.05, 0) is 31.1 Å². The van der Waals surface area contributed by atoms with Gasteiger partial charge in [-0.1, -0.05) is 39.5 Å². The summed E-state index contributed by atoms with van der Waals surface area (Å²) in [7, 11) is 0. The molecule has 65 valence electrons. The molecule has 0 aliphatic heterocycles. The van der Waals surface area contributed by atoms with Gasteiger partial charge >= 0.3 is 0 Å². The Labute approximate surface area is 71.4 Å². The summed E-state index contributed by atoms with van der Waals surface area (Å²) in [4.78, 5) is 0. The van der Waals surface area contributed by atoms with Crippen LogP contribution >= 0.6 is 0 Å². The lowest BCUT2D eigenvalue weighted by molar-refractivity contribution is 0.350. The van der Waals surface area contributed by atoms with Gasteiger partial charge in [0.15, 0.2) is 0 Å². The fourth-order valence-corrected chi connectivity index (χ4v) is 1.85. The first-order valence-corrected chi connectivity index (χ1v) is 5.10. The van der Waals surface area contributed by atoms with Gasteiger partial charge in [0, 0.05) is 0 Å². The molecule has 1 fully saturated rings. The van der Waals surface area contributed by atoms with Crippen molar-refractivity contribution in [1.82, 2.24) is 0 Å². The van der Waals surface area contributed by atoms with Gasteiger partial charge in [-0.15, -0.1) is 0 Å². The summed E-state index contributed by atoms with van der Waals surface area (Å²) in [6.07, 6.45) is 11.0. The van der Waals surface area contributed by atoms with Crippen LogP contribution in [-0.4, -0.2) is 0 Å². The first-order valence-electron chi connectivity index (χ1n) is 5.10. The quantitative estimate of drug-likeness (QED) is 0.578. The van der Waals surface area contributed by atoms with Crippen molar-refractivity contribution >= 4 is 0 Å². The van der Waals surface area contributed by atoms with E-state index in [2.05, 4.69) is 20.3 Å². The van der Waals surface area contributed by atoms with Crippen LogP contribution in [0.1, 0.15) is 52.4 Å². The molecule has 0 nitrogen and oxygen atoms in total. The summed E-state index contributed by atoms with van der Waals surface area (Å²) in [5.74, 6) is 1.96. The van der Waals surface area contributed by atoms with E-state index in [1.165, 1.54) is 38.5 Å². The van der Waals surface area contributed by atoms with Crippen LogP contribution in [0, 0.1) is 18.3 Å². The summed E-state index contributed by atoms with van der Waals surface area (Å²) in [6, 6.07) is 0. The second-order valence-corrected chi connectivity index (χ2v) is 4.28. The third-order valence-corrected chi connectivity index (χ3v) is 2.71. The molecule has 0 amide bonds. The van der Waals surface area contributed by atoms with Gasteiger partial charge in [-0.3, -0.25) is 0 Å². The van der Waals surface area contributed by atoms with E-state index in [1.807, 2.05) is 0 Å². The van der Waals surface area contributed by atoms with Crippen molar-refractivity contribution in [2.75, 3.05) is 0 Å². The minimum Gasteiger partial charge on any atom is -0.0628 e. The van der Waals surface area contributed by atoms with E-state index < -0.39 is 0 Å². The van der Waals surface area contributed by atoms with Crippen LogP contribution in [0.3, 0.4) is 0 Å². The summed E-state index contributed by atoms with van der Waals surface area (Å²) >= 11 is 0. The van der Waals surface area contributed by atoms with Crippen LogP contribution in [-0.2, 0) is 0 Å². The van der Waals surface area contributed by atoms with Crippen molar-refractivity contribution in [2.24, 2.45) is 11.8 Å². The van der Waals surface area contributed by atoms with E-state index in [0.29, 0.717) is 0 Å². The molecule has 0 unspecified atom stereocenters. The van der Waals surface area contributed by atoms with Crippen molar-refractivity contribution < 1.29 is 0 Å². The third kappa shape index (κ3) is 3.79. The molecule has 0 aromatic rings. The summed E-state index contributed by atoms with van der Waals surface area (Å²) in [5.41, 5.74) is 0. The van der Waals surface area contributed by atoms with Crippen LogP contribution in [0.25, 0.3) is 0 Å². The van der Waals surface area contributed by atoms with Crippen LogP contribution in [0.2, 0.25) is 0 Å². The van der Waals surface area contributed by atoms with Crippen molar-refractivity contribution in [2.45, 2.75) is 52.4 Å². The van der Waals surface area contributed by atoms with Gasteiger partial charge < -0.3 is 0 Å². The highest BCUT2D eigenvalue weighted by molar-refractivity contribution is 4.76. The topological polar surface area (TPSA) is 0 Å². The molecule has 11 heavy (non-hydrogen) atoms. The van der Waals surface area contributed by atoms with Gasteiger partial charge in [0.05, 0.1) is 0 Å². The van der Waals surface area contributed by atoms with Gasteiger partial charge in [-0.2, -0.15) is 0 Å². The van der Waals surface area contributed by atoms with Crippen molar-refractivity contribution in [3.63, 3.8) is 0 Å². The molecule has 0 aromatic carbocycles. The highest BCUT2D eigenvalue weighted by Crippen LogP contribution is 2.27. The second-order valence-electron chi connectivity index (χ2n) is 4.28. The standard InChI is InChI=1S/C11H21/c1-10(2)8-9-11-6-4-3-5-7-11/h3,10-11H,4-9H2,1-2H3. The molecular weight excluding hydrogens is 132 g/mol. The maximum absolute atomic E-state index is 2.45. The maximum atomic E-state index is 2.45. The Morgan fingerprint density at radius 3 is 2.45 bits per heavy atom. The van der Waals surface area contributed by atoms with Gasteiger partial charge in [-0.25, -0.2) is 0 Å². The summed E-state index contributed by atoms with van der Waals surface area (Å²) in [5, 5.41) is 0. The molecule has 1 aliphatic rings. The Kier molecular flexibility index (Phi) is 3.96. The molecule has 0 heterocycles. The van der Waals surface area contributed by atoms with Crippen molar-refractivity contribution in [3.05, 3.63) is 6.42 Å². The largest absolute Gasteiger partial charge is 0.0628 e. The zero-order valence-corrected chi connectivity index (χ0v) is 7.97. The molecule has 0 heteroatoms. The maximum Gasteiger partial charge on any atom is -0.0386 e. The number of hydrogen-bond donors (Lipinski definition) is 0. The van der Waals surface area contributed by atoms with E-state index in [1.54, 1.807) is 0 Å². The van der Waals surface area contributed by atoms with Gasteiger partial charge in [0.1, 0.15) is 0 Å². The highest BCUT2D eigenvalue weighted by Gasteiger charge is 2.13. The van der Waals surface area contributed by atoms with E-state index in [0.717, 1.165) is 11.8 Å². The normalized spacial score (nSPS) is 21.0. The molecule has 1 radical (unpaired) electrons. The molecule has 0 N–H and O–H groups in total. The average molecular weight is 153 g/mol. The van der Waals surface area contributed by atoms with Crippen molar-refractivity contribution in [3.8, 4) is 0 Å². The zero-order chi connectivity index (χ0) is 8.10. The molecule has 1 saturated carbocycles. The molecule has 0 spiro atoms. The molecule has 1 aliphatic carbocycles. The van der Waals surface area contributed by atoms with Crippen LogP contribution in [0.5, 0.6) is 0 Å². The molecule has 0 aromatic heterocycles. The molecule has 0 bridgehead atoms. The van der Waals surface area contributed by atoms with Gasteiger partial charge in [0.25, 0.3) is 0 Å². The fourth-order valence-electron chi connectivity index (χ4n) is 1.85.